The van der Waals surface area contributed by atoms with Crippen LogP contribution in [0.4, 0.5) is 5.95 Å². The lowest BCUT2D eigenvalue weighted by Crippen LogP contribution is -2.29. The summed E-state index contributed by atoms with van der Waals surface area (Å²) in [4.78, 5) is 4.22. The third-order valence-corrected chi connectivity index (χ3v) is 2.85. The van der Waals surface area contributed by atoms with Crippen molar-refractivity contribution in [3.63, 3.8) is 0 Å². The molecule has 4 nitrogen and oxygen atoms in total. The summed E-state index contributed by atoms with van der Waals surface area (Å²) in [5, 5.41) is 12.7. The van der Waals surface area contributed by atoms with Gasteiger partial charge in [0.05, 0.1) is 6.10 Å². The molecule has 78 valence electrons. The molecule has 1 aromatic heterocycles. The minimum Gasteiger partial charge on any atom is -0.393 e. The van der Waals surface area contributed by atoms with Crippen LogP contribution < -0.4 is 5.32 Å². The summed E-state index contributed by atoms with van der Waals surface area (Å²) in [6.07, 6.45) is 7.51. The smallest absolute Gasteiger partial charge is 0.202 e. The molecular weight excluding hydrogens is 178 g/mol. The molecule has 14 heavy (non-hydrogen) atoms. The predicted molar refractivity (Wildman–Crippen MR) is 55.1 cm³/mol. The van der Waals surface area contributed by atoms with Gasteiger partial charge in [0.15, 0.2) is 0 Å². The van der Waals surface area contributed by atoms with Gasteiger partial charge < -0.3 is 15.0 Å². The van der Waals surface area contributed by atoms with E-state index in [1.165, 1.54) is 0 Å². The van der Waals surface area contributed by atoms with Gasteiger partial charge in [0.25, 0.3) is 0 Å². The number of aliphatic hydroxyl groups is 1. The first-order valence-corrected chi connectivity index (χ1v) is 5.17. The number of hydrogen-bond acceptors (Lipinski definition) is 3. The van der Waals surface area contributed by atoms with Crippen LogP contribution in [0.25, 0.3) is 0 Å². The maximum atomic E-state index is 9.36. The van der Waals surface area contributed by atoms with Crippen LogP contribution in [0, 0.1) is 0 Å². The van der Waals surface area contributed by atoms with E-state index in [1.807, 2.05) is 17.8 Å². The van der Waals surface area contributed by atoms with Crippen molar-refractivity contribution in [3.8, 4) is 0 Å². The number of nitrogens with zero attached hydrogens (tertiary/aromatic N) is 2. The number of aromatic nitrogens is 2. The number of aliphatic hydroxyl groups excluding tert-OH is 1. The molecule has 0 radical (unpaired) electrons. The maximum absolute atomic E-state index is 9.36. The lowest BCUT2D eigenvalue weighted by molar-refractivity contribution is 0.126. The second-order valence-corrected chi connectivity index (χ2v) is 4.01. The Balaban J connectivity index is 1.89. The summed E-state index contributed by atoms with van der Waals surface area (Å²) < 4.78 is 1.98. The fourth-order valence-corrected chi connectivity index (χ4v) is 1.91. The molecule has 2 N–H and O–H groups in total. The molecule has 1 aliphatic rings. The van der Waals surface area contributed by atoms with E-state index in [0.29, 0.717) is 6.04 Å². The van der Waals surface area contributed by atoms with Crippen LogP contribution in [0.3, 0.4) is 0 Å². The average molecular weight is 195 g/mol. The van der Waals surface area contributed by atoms with E-state index in [-0.39, 0.29) is 6.10 Å². The molecule has 0 saturated heterocycles. The second-order valence-electron chi connectivity index (χ2n) is 4.01. The first-order valence-electron chi connectivity index (χ1n) is 5.17. The summed E-state index contributed by atoms with van der Waals surface area (Å²) >= 11 is 0. The number of hydrogen-bond donors (Lipinski definition) is 2. The van der Waals surface area contributed by atoms with Gasteiger partial charge in [-0.1, -0.05) is 0 Å². The van der Waals surface area contributed by atoms with Gasteiger partial charge in [0.2, 0.25) is 5.95 Å². The van der Waals surface area contributed by atoms with Crippen LogP contribution in [-0.2, 0) is 7.05 Å². The molecule has 0 bridgehead atoms. The van der Waals surface area contributed by atoms with E-state index < -0.39 is 0 Å². The van der Waals surface area contributed by atoms with E-state index in [9.17, 15) is 5.11 Å². The second kappa shape index (κ2) is 4.00. The van der Waals surface area contributed by atoms with Crippen molar-refractivity contribution in [1.29, 1.82) is 0 Å². The van der Waals surface area contributed by atoms with E-state index >= 15 is 0 Å². The zero-order valence-electron chi connectivity index (χ0n) is 8.48. The van der Waals surface area contributed by atoms with Crippen molar-refractivity contribution in [2.45, 2.75) is 37.8 Å². The molecule has 2 rings (SSSR count). The summed E-state index contributed by atoms with van der Waals surface area (Å²) in [6.45, 7) is 0. The van der Waals surface area contributed by atoms with Crippen LogP contribution in [0.1, 0.15) is 25.7 Å². The lowest BCUT2D eigenvalue weighted by Gasteiger charge is -2.26. The van der Waals surface area contributed by atoms with Crippen molar-refractivity contribution >= 4 is 5.95 Å². The highest BCUT2D eigenvalue weighted by Crippen LogP contribution is 2.21. The van der Waals surface area contributed by atoms with E-state index in [1.54, 1.807) is 6.20 Å². The van der Waals surface area contributed by atoms with Crippen molar-refractivity contribution in [1.82, 2.24) is 9.55 Å². The molecule has 0 aliphatic heterocycles. The third-order valence-electron chi connectivity index (χ3n) is 2.85. The average Bonchev–Trinajstić information content (AvgIpc) is 2.56. The fraction of sp³-hybridized carbons (Fsp3) is 0.700. The van der Waals surface area contributed by atoms with Crippen LogP contribution in [0.15, 0.2) is 12.4 Å². The van der Waals surface area contributed by atoms with Crippen LogP contribution in [0.2, 0.25) is 0 Å². The SMILES string of the molecule is Cn1ccnc1NC1CCC(O)CC1. The minimum absolute atomic E-state index is 0.0885. The Morgan fingerprint density at radius 3 is 2.71 bits per heavy atom. The molecular formula is C10H17N3O. The molecule has 1 saturated carbocycles. The van der Waals surface area contributed by atoms with Crippen molar-refractivity contribution in [3.05, 3.63) is 12.4 Å². The quantitative estimate of drug-likeness (QED) is 0.744. The lowest BCUT2D eigenvalue weighted by atomic mass is 9.93. The Bertz CT molecular complexity index is 289. The van der Waals surface area contributed by atoms with Crippen molar-refractivity contribution < 1.29 is 5.11 Å². The van der Waals surface area contributed by atoms with Crippen molar-refractivity contribution in [2.24, 2.45) is 7.05 Å². The standard InChI is InChI=1S/C10H17N3O/c1-13-7-6-11-10(13)12-8-2-4-9(14)5-3-8/h6-9,14H,2-5H2,1H3,(H,11,12). The Morgan fingerprint density at radius 2 is 2.14 bits per heavy atom. The summed E-state index contributed by atoms with van der Waals surface area (Å²) in [5.74, 6) is 0.923. The number of anilines is 1. The van der Waals surface area contributed by atoms with E-state index in [4.69, 9.17) is 0 Å². The van der Waals surface area contributed by atoms with Gasteiger partial charge in [-0.15, -0.1) is 0 Å². The van der Waals surface area contributed by atoms with E-state index in [0.717, 1.165) is 31.6 Å². The highest BCUT2D eigenvalue weighted by molar-refractivity contribution is 5.27. The first kappa shape index (κ1) is 9.52. The van der Waals surface area contributed by atoms with Crippen LogP contribution >= 0.6 is 0 Å². The van der Waals surface area contributed by atoms with Gasteiger partial charge in [0.1, 0.15) is 0 Å². The molecule has 1 aromatic rings. The highest BCUT2D eigenvalue weighted by atomic mass is 16.3. The normalized spacial score (nSPS) is 27.6. The molecule has 1 aliphatic carbocycles. The number of imidazole rings is 1. The first-order chi connectivity index (χ1) is 6.75. The summed E-state index contributed by atoms with van der Waals surface area (Å²) in [7, 11) is 1.98. The van der Waals surface area contributed by atoms with Crippen LogP contribution in [-0.4, -0.2) is 26.8 Å². The Hall–Kier alpha value is -1.03. The zero-order valence-corrected chi connectivity index (χ0v) is 8.48. The van der Waals surface area contributed by atoms with Crippen LogP contribution in [0.5, 0.6) is 0 Å². The van der Waals surface area contributed by atoms with Gasteiger partial charge in [0, 0.05) is 25.5 Å². The van der Waals surface area contributed by atoms with Gasteiger partial charge >= 0.3 is 0 Å². The number of nitrogens with one attached hydrogen (secondary N) is 1. The fourth-order valence-electron chi connectivity index (χ4n) is 1.91. The predicted octanol–water partition coefficient (Wildman–Crippen LogP) is 1.14. The summed E-state index contributed by atoms with van der Waals surface area (Å²) in [5.41, 5.74) is 0. The molecule has 0 unspecified atom stereocenters. The van der Waals surface area contributed by atoms with Gasteiger partial charge in [-0.2, -0.15) is 0 Å². The Morgan fingerprint density at radius 1 is 1.43 bits per heavy atom. The number of aryl methyl sites for hydroxylation is 1. The molecule has 0 aromatic carbocycles. The van der Waals surface area contributed by atoms with Gasteiger partial charge in [-0.05, 0) is 25.7 Å². The highest BCUT2D eigenvalue weighted by Gasteiger charge is 2.19. The minimum atomic E-state index is -0.0885. The molecule has 0 spiro atoms. The topological polar surface area (TPSA) is 50.1 Å². The summed E-state index contributed by atoms with van der Waals surface area (Å²) in [6, 6.07) is 0.472. The number of rotatable bonds is 2. The molecule has 4 heteroatoms. The molecule has 1 fully saturated rings. The Labute approximate surface area is 84.0 Å². The van der Waals surface area contributed by atoms with Crippen molar-refractivity contribution in [2.75, 3.05) is 5.32 Å². The maximum Gasteiger partial charge on any atom is 0.202 e. The van der Waals surface area contributed by atoms with Gasteiger partial charge in [-0.3, -0.25) is 0 Å². The molecule has 0 amide bonds. The molecule has 0 atom stereocenters. The largest absolute Gasteiger partial charge is 0.393 e. The molecule has 1 heterocycles. The van der Waals surface area contributed by atoms with E-state index in [2.05, 4.69) is 10.3 Å². The third kappa shape index (κ3) is 2.07. The Kier molecular flexibility index (Phi) is 2.72. The van der Waals surface area contributed by atoms with Gasteiger partial charge in [-0.25, -0.2) is 4.98 Å². The zero-order chi connectivity index (χ0) is 9.97. The monoisotopic (exact) mass is 195 g/mol.